The number of carbonyl (C=O) groups excluding carboxylic acids is 1. The van der Waals surface area contributed by atoms with Gasteiger partial charge in [0.15, 0.2) is 0 Å². The van der Waals surface area contributed by atoms with Crippen LogP contribution in [0, 0.1) is 0 Å². The SMILES string of the molecule is CC(C)(C)OC(=O)CCOCCOCCOCCOCCOCCOCCOCCOCCOCCOCCOCCOCCOc1ccc(N)cc1. The molecule has 0 radical (unpaired) electrons. The second-order valence-corrected chi connectivity index (χ2v) is 12.1. The Morgan fingerprint density at radius 1 is 0.415 bits per heavy atom. The van der Waals surface area contributed by atoms with E-state index < -0.39 is 5.60 Å². The molecule has 0 atom stereocenters. The normalized spacial score (nSPS) is 11.7. The highest BCUT2D eigenvalue weighted by Crippen LogP contribution is 2.12. The van der Waals surface area contributed by atoms with Crippen LogP contribution in [0.1, 0.15) is 27.2 Å². The van der Waals surface area contributed by atoms with Gasteiger partial charge in [-0.05, 0) is 45.0 Å². The van der Waals surface area contributed by atoms with Gasteiger partial charge in [-0.15, -0.1) is 0 Å². The highest BCUT2D eigenvalue weighted by molar-refractivity contribution is 5.69. The van der Waals surface area contributed by atoms with Gasteiger partial charge in [-0.3, -0.25) is 4.79 Å². The maximum Gasteiger partial charge on any atom is 0.308 e. The van der Waals surface area contributed by atoms with Crippen LogP contribution in [0.5, 0.6) is 5.75 Å². The average molecular weight is 766 g/mol. The summed E-state index contributed by atoms with van der Waals surface area (Å²) in [6.07, 6.45) is 0.229. The third-order valence-corrected chi connectivity index (χ3v) is 6.34. The minimum Gasteiger partial charge on any atom is -0.491 e. The van der Waals surface area contributed by atoms with Crippen LogP contribution in [0.15, 0.2) is 24.3 Å². The quantitative estimate of drug-likeness (QED) is 0.0587. The van der Waals surface area contributed by atoms with Crippen LogP contribution in [0.4, 0.5) is 5.69 Å². The summed E-state index contributed by atoms with van der Waals surface area (Å²) >= 11 is 0. The van der Waals surface area contributed by atoms with Crippen LogP contribution in [0.25, 0.3) is 0 Å². The van der Waals surface area contributed by atoms with Gasteiger partial charge in [0.2, 0.25) is 0 Å². The van der Waals surface area contributed by atoms with Gasteiger partial charge in [-0.1, -0.05) is 0 Å². The number of anilines is 1. The molecular weight excluding hydrogens is 698 g/mol. The molecule has 0 aliphatic heterocycles. The molecule has 1 aromatic rings. The second-order valence-electron chi connectivity index (χ2n) is 12.1. The molecule has 0 saturated carbocycles. The van der Waals surface area contributed by atoms with Gasteiger partial charge in [0, 0.05) is 5.69 Å². The number of ether oxygens (including phenoxy) is 14. The lowest BCUT2D eigenvalue weighted by Gasteiger charge is -2.19. The first-order valence-electron chi connectivity index (χ1n) is 18.5. The van der Waals surface area contributed by atoms with Crippen molar-refractivity contribution in [1.29, 1.82) is 0 Å². The Morgan fingerprint density at radius 2 is 0.660 bits per heavy atom. The van der Waals surface area contributed by atoms with Crippen molar-refractivity contribution in [2.45, 2.75) is 32.8 Å². The fourth-order valence-electron chi connectivity index (χ4n) is 3.85. The number of carbonyl (C=O) groups is 1. The smallest absolute Gasteiger partial charge is 0.308 e. The summed E-state index contributed by atoms with van der Waals surface area (Å²) in [5.74, 6) is 0.500. The maximum atomic E-state index is 11.6. The Labute approximate surface area is 316 Å². The molecule has 16 nitrogen and oxygen atoms in total. The largest absolute Gasteiger partial charge is 0.491 e. The van der Waals surface area contributed by atoms with E-state index in [0.29, 0.717) is 171 Å². The Morgan fingerprint density at radius 3 is 0.925 bits per heavy atom. The number of benzene rings is 1. The molecule has 1 rings (SSSR count). The first kappa shape index (κ1) is 48.8. The predicted octanol–water partition coefficient (Wildman–Crippen LogP) is 2.58. The molecule has 53 heavy (non-hydrogen) atoms. The summed E-state index contributed by atoms with van der Waals surface area (Å²) in [6.45, 7) is 17.5. The van der Waals surface area contributed by atoms with Gasteiger partial charge in [0.05, 0.1) is 165 Å². The van der Waals surface area contributed by atoms with Crippen molar-refractivity contribution in [3.8, 4) is 5.75 Å². The Bertz CT molecular complexity index is 921. The van der Waals surface area contributed by atoms with Gasteiger partial charge in [-0.2, -0.15) is 0 Å². The Hall–Kier alpha value is -2.19. The van der Waals surface area contributed by atoms with E-state index in [4.69, 9.17) is 72.0 Å². The molecule has 0 saturated heterocycles. The molecule has 0 aromatic heterocycles. The number of hydrogen-bond acceptors (Lipinski definition) is 16. The van der Waals surface area contributed by atoms with Crippen molar-refractivity contribution < 1.29 is 71.1 Å². The molecule has 0 spiro atoms. The topological polar surface area (TPSA) is 172 Å². The van der Waals surface area contributed by atoms with E-state index in [9.17, 15) is 4.79 Å². The highest BCUT2D eigenvalue weighted by atomic mass is 16.6. The monoisotopic (exact) mass is 765 g/mol. The third kappa shape index (κ3) is 37.9. The molecule has 0 bridgehead atoms. The van der Waals surface area contributed by atoms with Crippen molar-refractivity contribution in [1.82, 2.24) is 0 Å². The van der Waals surface area contributed by atoms with E-state index in [1.807, 2.05) is 32.9 Å². The number of rotatable bonds is 40. The molecule has 2 N–H and O–H groups in total. The van der Waals surface area contributed by atoms with E-state index in [1.54, 1.807) is 12.1 Å². The number of nitrogen functional groups attached to an aromatic ring is 1. The molecule has 0 heterocycles. The number of esters is 1. The number of nitrogens with two attached hydrogens (primary N) is 1. The average Bonchev–Trinajstić information content (AvgIpc) is 3.12. The standard InChI is InChI=1S/C37H67NO15/c1-37(2,3)53-36(39)8-9-40-10-11-41-12-13-42-14-15-43-16-17-44-18-19-45-20-21-46-22-23-47-24-25-48-26-27-49-28-29-50-30-31-51-32-33-52-35-6-4-34(38)5-7-35/h4-7H,8-33,38H2,1-3H3. The van der Waals surface area contributed by atoms with Crippen molar-refractivity contribution in [3.63, 3.8) is 0 Å². The third-order valence-electron chi connectivity index (χ3n) is 6.34. The van der Waals surface area contributed by atoms with E-state index in [2.05, 4.69) is 0 Å². The van der Waals surface area contributed by atoms with Gasteiger partial charge in [0.1, 0.15) is 18.0 Å². The Balaban J connectivity index is 1.63. The first-order chi connectivity index (χ1) is 25.9. The summed E-state index contributed by atoms with van der Waals surface area (Å²) in [7, 11) is 0. The van der Waals surface area contributed by atoms with E-state index in [1.165, 1.54) is 0 Å². The fraction of sp³-hybridized carbons (Fsp3) is 0.811. The molecule has 0 unspecified atom stereocenters. The lowest BCUT2D eigenvalue weighted by molar-refractivity contribution is -0.156. The molecule has 0 aliphatic rings. The second kappa shape index (κ2) is 36.8. The molecule has 16 heteroatoms. The van der Waals surface area contributed by atoms with Gasteiger partial charge in [0.25, 0.3) is 0 Å². The lowest BCUT2D eigenvalue weighted by Crippen LogP contribution is -2.24. The highest BCUT2D eigenvalue weighted by Gasteiger charge is 2.15. The fourth-order valence-corrected chi connectivity index (χ4v) is 3.85. The minimum atomic E-state index is -0.477. The summed E-state index contributed by atoms with van der Waals surface area (Å²) in [5, 5.41) is 0. The zero-order chi connectivity index (χ0) is 38.3. The summed E-state index contributed by atoms with van der Waals surface area (Å²) in [5.41, 5.74) is 5.87. The van der Waals surface area contributed by atoms with Crippen molar-refractivity contribution >= 4 is 11.7 Å². The van der Waals surface area contributed by atoms with Gasteiger partial charge in [-0.25, -0.2) is 0 Å². The molecule has 0 aliphatic carbocycles. The van der Waals surface area contributed by atoms with Crippen LogP contribution in [0.2, 0.25) is 0 Å². The lowest BCUT2D eigenvalue weighted by atomic mass is 10.2. The van der Waals surface area contributed by atoms with Crippen LogP contribution in [-0.4, -0.2) is 177 Å². The van der Waals surface area contributed by atoms with Gasteiger partial charge >= 0.3 is 5.97 Å². The van der Waals surface area contributed by atoms with Gasteiger partial charge < -0.3 is 72.0 Å². The Kier molecular flexibility index (Phi) is 33.9. The molecule has 0 fully saturated rings. The van der Waals surface area contributed by atoms with Crippen molar-refractivity contribution in [3.05, 3.63) is 24.3 Å². The molecule has 310 valence electrons. The molecular formula is C37H67NO15. The van der Waals surface area contributed by atoms with E-state index >= 15 is 0 Å². The molecule has 1 aromatic carbocycles. The molecule has 0 amide bonds. The predicted molar refractivity (Wildman–Crippen MR) is 197 cm³/mol. The summed E-state index contributed by atoms with van der Waals surface area (Å²) < 4.78 is 76.4. The summed E-state index contributed by atoms with van der Waals surface area (Å²) in [4.78, 5) is 11.6. The van der Waals surface area contributed by atoms with Crippen LogP contribution in [0.3, 0.4) is 0 Å². The van der Waals surface area contributed by atoms with Crippen molar-refractivity contribution in [2.75, 3.05) is 171 Å². The number of hydrogen-bond donors (Lipinski definition) is 1. The maximum absolute atomic E-state index is 11.6. The minimum absolute atomic E-state index is 0.229. The first-order valence-corrected chi connectivity index (χ1v) is 18.5. The zero-order valence-corrected chi connectivity index (χ0v) is 32.4. The van der Waals surface area contributed by atoms with Crippen molar-refractivity contribution in [2.24, 2.45) is 0 Å². The summed E-state index contributed by atoms with van der Waals surface area (Å²) in [6, 6.07) is 7.25. The zero-order valence-electron chi connectivity index (χ0n) is 32.4. The van der Waals surface area contributed by atoms with E-state index in [-0.39, 0.29) is 12.4 Å². The van der Waals surface area contributed by atoms with Crippen LogP contribution >= 0.6 is 0 Å². The van der Waals surface area contributed by atoms with E-state index in [0.717, 1.165) is 5.75 Å². The van der Waals surface area contributed by atoms with Crippen LogP contribution in [-0.2, 0) is 66.4 Å². The van der Waals surface area contributed by atoms with Crippen LogP contribution < -0.4 is 10.5 Å².